The summed E-state index contributed by atoms with van der Waals surface area (Å²) in [5.74, 6) is -1.01. The predicted molar refractivity (Wildman–Crippen MR) is 72.0 cm³/mol. The van der Waals surface area contributed by atoms with Crippen LogP contribution in [-0.4, -0.2) is 41.1 Å². The van der Waals surface area contributed by atoms with Crippen molar-refractivity contribution in [3.05, 3.63) is 0 Å². The molecule has 2 unspecified atom stereocenters. The van der Waals surface area contributed by atoms with E-state index in [2.05, 4.69) is 5.32 Å². The monoisotopic (exact) mass is 268 g/mol. The number of hydrogen-bond donors (Lipinski definition) is 2. The first kappa shape index (κ1) is 14.2. The van der Waals surface area contributed by atoms with Gasteiger partial charge in [-0.1, -0.05) is 19.3 Å². The van der Waals surface area contributed by atoms with Crippen LogP contribution in [0.25, 0.3) is 0 Å². The molecule has 0 aromatic rings. The minimum Gasteiger partial charge on any atom is -0.481 e. The van der Waals surface area contributed by atoms with Gasteiger partial charge < -0.3 is 15.3 Å². The summed E-state index contributed by atoms with van der Waals surface area (Å²) in [5, 5.41) is 12.0. The van der Waals surface area contributed by atoms with Crippen LogP contribution in [0.5, 0.6) is 0 Å². The standard InChI is InChI=1S/C14H24N2O3/c17-13(18)11-6-7-12(10-11)15-14(19)16-8-4-2-1-3-5-9-16/h11-12H,1-10H2,(H,15,19)(H,17,18). The summed E-state index contributed by atoms with van der Waals surface area (Å²) in [5.41, 5.74) is 0. The zero-order valence-corrected chi connectivity index (χ0v) is 11.4. The number of nitrogens with one attached hydrogen (secondary N) is 1. The van der Waals surface area contributed by atoms with Gasteiger partial charge in [0.1, 0.15) is 0 Å². The Morgan fingerprint density at radius 2 is 1.63 bits per heavy atom. The van der Waals surface area contributed by atoms with Gasteiger partial charge in [-0.25, -0.2) is 4.79 Å². The second kappa shape index (κ2) is 6.78. The lowest BCUT2D eigenvalue weighted by molar-refractivity contribution is -0.141. The van der Waals surface area contributed by atoms with Crippen molar-refractivity contribution in [2.75, 3.05) is 13.1 Å². The zero-order chi connectivity index (χ0) is 13.7. The van der Waals surface area contributed by atoms with E-state index < -0.39 is 5.97 Å². The molecule has 2 aliphatic rings. The van der Waals surface area contributed by atoms with Gasteiger partial charge in [0.25, 0.3) is 0 Å². The molecule has 2 rings (SSSR count). The van der Waals surface area contributed by atoms with E-state index in [-0.39, 0.29) is 18.0 Å². The molecule has 1 saturated carbocycles. The van der Waals surface area contributed by atoms with Crippen LogP contribution < -0.4 is 5.32 Å². The molecule has 2 amide bonds. The van der Waals surface area contributed by atoms with E-state index >= 15 is 0 Å². The maximum Gasteiger partial charge on any atom is 0.317 e. The van der Waals surface area contributed by atoms with Crippen LogP contribution in [0.2, 0.25) is 0 Å². The fourth-order valence-corrected chi connectivity index (χ4v) is 3.05. The second-order valence-corrected chi connectivity index (χ2v) is 5.75. The van der Waals surface area contributed by atoms with Crippen LogP contribution in [0.1, 0.15) is 51.4 Å². The van der Waals surface area contributed by atoms with Gasteiger partial charge in [-0.2, -0.15) is 0 Å². The number of likely N-dealkylation sites (tertiary alicyclic amines) is 1. The number of amides is 2. The molecular weight excluding hydrogens is 244 g/mol. The van der Waals surface area contributed by atoms with Crippen LogP contribution in [0, 0.1) is 5.92 Å². The molecule has 19 heavy (non-hydrogen) atoms. The molecule has 5 nitrogen and oxygen atoms in total. The third-order valence-corrected chi connectivity index (χ3v) is 4.25. The Morgan fingerprint density at radius 1 is 1.00 bits per heavy atom. The van der Waals surface area contributed by atoms with Gasteiger partial charge in [0, 0.05) is 19.1 Å². The summed E-state index contributed by atoms with van der Waals surface area (Å²) in [7, 11) is 0. The first-order valence-corrected chi connectivity index (χ1v) is 7.45. The molecular formula is C14H24N2O3. The van der Waals surface area contributed by atoms with Gasteiger partial charge in [-0.3, -0.25) is 4.79 Å². The normalized spacial score (nSPS) is 28.5. The number of carbonyl (C=O) groups is 2. The number of carbonyl (C=O) groups excluding carboxylic acids is 1. The fourth-order valence-electron chi connectivity index (χ4n) is 3.05. The van der Waals surface area contributed by atoms with Gasteiger partial charge in [0.15, 0.2) is 0 Å². The van der Waals surface area contributed by atoms with Crippen molar-refractivity contribution < 1.29 is 14.7 Å². The van der Waals surface area contributed by atoms with Crippen molar-refractivity contribution in [2.24, 2.45) is 5.92 Å². The number of carboxylic acids is 1. The maximum absolute atomic E-state index is 12.2. The number of rotatable bonds is 2. The lowest BCUT2D eigenvalue weighted by atomic mass is 10.1. The Balaban J connectivity index is 1.78. The minimum atomic E-state index is -0.733. The third-order valence-electron chi connectivity index (χ3n) is 4.25. The SMILES string of the molecule is O=C(O)C1CCC(NC(=O)N2CCCCCCC2)C1. The molecule has 1 aliphatic heterocycles. The number of nitrogens with zero attached hydrogens (tertiary/aromatic N) is 1. The van der Waals surface area contributed by atoms with Crippen LogP contribution in [0.15, 0.2) is 0 Å². The number of hydrogen-bond acceptors (Lipinski definition) is 2. The molecule has 0 radical (unpaired) electrons. The highest BCUT2D eigenvalue weighted by Crippen LogP contribution is 2.25. The predicted octanol–water partition coefficient (Wildman–Crippen LogP) is 2.22. The zero-order valence-electron chi connectivity index (χ0n) is 11.4. The lowest BCUT2D eigenvalue weighted by Gasteiger charge is -2.26. The molecule has 2 N–H and O–H groups in total. The minimum absolute atomic E-state index is 0.00191. The number of urea groups is 1. The number of aliphatic carboxylic acids is 1. The Bertz CT molecular complexity index is 325. The lowest BCUT2D eigenvalue weighted by Crippen LogP contribution is -2.45. The summed E-state index contributed by atoms with van der Waals surface area (Å²) >= 11 is 0. The van der Waals surface area contributed by atoms with Crippen LogP contribution in [-0.2, 0) is 4.79 Å². The van der Waals surface area contributed by atoms with E-state index in [1.807, 2.05) is 4.90 Å². The van der Waals surface area contributed by atoms with Crippen molar-refractivity contribution >= 4 is 12.0 Å². The third kappa shape index (κ3) is 4.11. The smallest absolute Gasteiger partial charge is 0.317 e. The molecule has 2 atom stereocenters. The topological polar surface area (TPSA) is 69.6 Å². The van der Waals surface area contributed by atoms with Gasteiger partial charge in [-0.05, 0) is 32.1 Å². The molecule has 0 spiro atoms. The van der Waals surface area contributed by atoms with Crippen LogP contribution >= 0.6 is 0 Å². The molecule has 5 heteroatoms. The average molecular weight is 268 g/mol. The quantitative estimate of drug-likeness (QED) is 0.806. The van der Waals surface area contributed by atoms with Crippen LogP contribution in [0.3, 0.4) is 0 Å². The highest BCUT2D eigenvalue weighted by molar-refractivity contribution is 5.75. The van der Waals surface area contributed by atoms with Crippen molar-refractivity contribution in [1.82, 2.24) is 10.2 Å². The van der Waals surface area contributed by atoms with Gasteiger partial charge in [0.2, 0.25) is 0 Å². The maximum atomic E-state index is 12.2. The Kier molecular flexibility index (Phi) is 5.05. The molecule has 0 aromatic carbocycles. The molecule has 108 valence electrons. The molecule has 0 bridgehead atoms. The van der Waals surface area contributed by atoms with Gasteiger partial charge in [-0.15, -0.1) is 0 Å². The second-order valence-electron chi connectivity index (χ2n) is 5.75. The van der Waals surface area contributed by atoms with Gasteiger partial charge >= 0.3 is 12.0 Å². The Morgan fingerprint density at radius 3 is 2.21 bits per heavy atom. The summed E-state index contributed by atoms with van der Waals surface area (Å²) in [6.07, 6.45) is 7.89. The van der Waals surface area contributed by atoms with Crippen molar-refractivity contribution in [3.8, 4) is 0 Å². The van der Waals surface area contributed by atoms with E-state index in [0.717, 1.165) is 32.4 Å². The fraction of sp³-hybridized carbons (Fsp3) is 0.857. The summed E-state index contributed by atoms with van der Waals surface area (Å²) < 4.78 is 0. The largest absolute Gasteiger partial charge is 0.481 e. The van der Waals surface area contributed by atoms with E-state index in [0.29, 0.717) is 12.8 Å². The summed E-state index contributed by atoms with van der Waals surface area (Å²) in [4.78, 5) is 25.0. The van der Waals surface area contributed by atoms with E-state index in [1.165, 1.54) is 19.3 Å². The average Bonchev–Trinajstić information content (AvgIpc) is 2.76. The molecule has 1 saturated heterocycles. The molecule has 1 heterocycles. The molecule has 1 aliphatic carbocycles. The first-order chi connectivity index (χ1) is 9.16. The van der Waals surface area contributed by atoms with Crippen LogP contribution in [0.4, 0.5) is 4.79 Å². The molecule has 0 aromatic heterocycles. The first-order valence-electron chi connectivity index (χ1n) is 7.45. The Hall–Kier alpha value is -1.26. The van der Waals surface area contributed by atoms with Crippen molar-refractivity contribution in [3.63, 3.8) is 0 Å². The highest BCUT2D eigenvalue weighted by atomic mass is 16.4. The van der Waals surface area contributed by atoms with Crippen molar-refractivity contribution in [1.29, 1.82) is 0 Å². The number of carboxylic acid groups (broad SMARTS) is 1. The summed E-state index contributed by atoms with van der Waals surface area (Å²) in [6, 6.07) is 0.0389. The molecule has 2 fully saturated rings. The summed E-state index contributed by atoms with van der Waals surface area (Å²) in [6.45, 7) is 1.67. The van der Waals surface area contributed by atoms with E-state index in [1.54, 1.807) is 0 Å². The Labute approximate surface area is 114 Å². The highest BCUT2D eigenvalue weighted by Gasteiger charge is 2.31. The van der Waals surface area contributed by atoms with E-state index in [9.17, 15) is 9.59 Å². The van der Waals surface area contributed by atoms with E-state index in [4.69, 9.17) is 5.11 Å². The van der Waals surface area contributed by atoms with Crippen molar-refractivity contribution in [2.45, 2.75) is 57.4 Å². The van der Waals surface area contributed by atoms with Gasteiger partial charge in [0.05, 0.1) is 5.92 Å².